The van der Waals surface area contributed by atoms with Gasteiger partial charge in [0.25, 0.3) is 0 Å². The quantitative estimate of drug-likeness (QED) is 0.910. The van der Waals surface area contributed by atoms with Gasteiger partial charge in [-0.25, -0.2) is 0 Å². The van der Waals surface area contributed by atoms with Crippen LogP contribution >= 0.6 is 0 Å². The number of β-amino-alcohol motifs (C(OH)–C–C–N with tert-alkyl or cyclic N) is 1. The Morgan fingerprint density at radius 3 is 2.45 bits per heavy atom. The van der Waals surface area contributed by atoms with Crippen LogP contribution < -0.4 is 4.90 Å². The number of nitrogens with zero attached hydrogens (tertiary/aromatic N) is 3. The number of rotatable bonds is 2. The first-order valence-electron chi connectivity index (χ1n) is 6.75. The van der Waals surface area contributed by atoms with Gasteiger partial charge in [-0.15, -0.1) is 0 Å². The van der Waals surface area contributed by atoms with Gasteiger partial charge >= 0.3 is 6.01 Å². The number of hydrogen-bond donors (Lipinski definition) is 1. The van der Waals surface area contributed by atoms with E-state index in [2.05, 4.69) is 10.1 Å². The van der Waals surface area contributed by atoms with Gasteiger partial charge in [0.05, 0.1) is 12.1 Å². The predicted molar refractivity (Wildman–Crippen MR) is 76.4 cm³/mol. The van der Waals surface area contributed by atoms with Crippen molar-refractivity contribution in [1.82, 2.24) is 10.1 Å². The van der Waals surface area contributed by atoms with Gasteiger partial charge in [0.15, 0.2) is 0 Å². The maximum absolute atomic E-state index is 10.4. The molecule has 1 aromatic heterocycles. The molecule has 20 heavy (non-hydrogen) atoms. The molecule has 1 aliphatic rings. The smallest absolute Gasteiger partial charge is 0.324 e. The average Bonchev–Trinajstić information content (AvgIpc) is 2.94. The average molecular weight is 273 g/mol. The molecule has 0 unspecified atom stereocenters. The molecule has 5 heteroatoms. The highest BCUT2D eigenvalue weighted by Gasteiger charge is 2.49. The summed E-state index contributed by atoms with van der Waals surface area (Å²) in [5.74, 6) is 0.574. The van der Waals surface area contributed by atoms with Crippen molar-refractivity contribution >= 4 is 6.01 Å². The lowest BCUT2D eigenvalue weighted by atomic mass is 9.79. The number of benzene rings is 1. The molecule has 3 rings (SSSR count). The Bertz CT molecular complexity index is 589. The van der Waals surface area contributed by atoms with Crippen molar-refractivity contribution in [3.8, 4) is 11.4 Å². The topological polar surface area (TPSA) is 62.4 Å². The van der Waals surface area contributed by atoms with Gasteiger partial charge in [-0.1, -0.05) is 49.3 Å². The van der Waals surface area contributed by atoms with Crippen LogP contribution in [-0.2, 0) is 0 Å². The molecule has 5 nitrogen and oxygen atoms in total. The fraction of sp³-hybridized carbons (Fsp3) is 0.467. The minimum atomic E-state index is -0.769. The maximum atomic E-state index is 10.4. The van der Waals surface area contributed by atoms with E-state index in [-0.39, 0.29) is 5.41 Å². The summed E-state index contributed by atoms with van der Waals surface area (Å²) in [6.07, 6.45) is 0. The number of anilines is 1. The third-order valence-corrected chi connectivity index (χ3v) is 4.26. The summed E-state index contributed by atoms with van der Waals surface area (Å²) in [4.78, 5) is 6.37. The van der Waals surface area contributed by atoms with Crippen LogP contribution in [0.1, 0.15) is 20.8 Å². The number of hydrogen-bond acceptors (Lipinski definition) is 5. The molecule has 1 aromatic carbocycles. The fourth-order valence-corrected chi connectivity index (χ4v) is 2.47. The summed E-state index contributed by atoms with van der Waals surface area (Å²) < 4.78 is 5.34. The lowest BCUT2D eigenvalue weighted by molar-refractivity contribution is -0.00895. The molecule has 0 radical (unpaired) electrons. The second-order valence-corrected chi connectivity index (χ2v) is 6.28. The predicted octanol–water partition coefficient (Wildman–Crippen LogP) is 2.33. The van der Waals surface area contributed by atoms with E-state index in [1.165, 1.54) is 0 Å². The molecule has 0 amide bonds. The first kappa shape index (κ1) is 13.1. The number of aliphatic hydroxyl groups is 1. The van der Waals surface area contributed by atoms with Crippen LogP contribution in [0.25, 0.3) is 11.4 Å². The third-order valence-electron chi connectivity index (χ3n) is 4.26. The van der Waals surface area contributed by atoms with Gasteiger partial charge < -0.3 is 14.5 Å². The molecule has 2 heterocycles. The molecule has 0 aliphatic carbocycles. The summed E-state index contributed by atoms with van der Waals surface area (Å²) in [5.41, 5.74) is -0.0596. The lowest BCUT2D eigenvalue weighted by Crippen LogP contribution is -2.40. The van der Waals surface area contributed by atoms with Crippen molar-refractivity contribution in [2.24, 2.45) is 5.41 Å². The fourth-order valence-electron chi connectivity index (χ4n) is 2.47. The Morgan fingerprint density at radius 2 is 1.85 bits per heavy atom. The van der Waals surface area contributed by atoms with E-state index in [0.717, 1.165) is 5.56 Å². The van der Waals surface area contributed by atoms with E-state index < -0.39 is 5.60 Å². The Labute approximate surface area is 118 Å². The van der Waals surface area contributed by atoms with Crippen LogP contribution in [0, 0.1) is 5.41 Å². The molecule has 1 atom stereocenters. The molecule has 0 bridgehead atoms. The maximum Gasteiger partial charge on any atom is 0.324 e. The van der Waals surface area contributed by atoms with Crippen LogP contribution in [0.5, 0.6) is 0 Å². The summed E-state index contributed by atoms with van der Waals surface area (Å²) in [6, 6.07) is 10.2. The molecular weight excluding hydrogens is 254 g/mol. The number of aromatic nitrogens is 2. The van der Waals surface area contributed by atoms with Gasteiger partial charge in [-0.2, -0.15) is 4.98 Å². The third kappa shape index (κ3) is 2.08. The second-order valence-electron chi connectivity index (χ2n) is 6.28. The Hall–Kier alpha value is -1.88. The van der Waals surface area contributed by atoms with Gasteiger partial charge in [0.2, 0.25) is 5.82 Å². The Balaban J connectivity index is 1.86. The minimum absolute atomic E-state index is 0.214. The standard InChI is InChI=1S/C15H19N3O2/c1-14(2)9-18(10-15(14,3)19)13-16-12(17-20-13)11-7-5-4-6-8-11/h4-8,19H,9-10H2,1-3H3/t15-/m1/s1. The summed E-state index contributed by atoms with van der Waals surface area (Å²) >= 11 is 0. The molecule has 1 saturated heterocycles. The van der Waals surface area contributed by atoms with Crippen LogP contribution in [0.3, 0.4) is 0 Å². The van der Waals surface area contributed by atoms with E-state index in [4.69, 9.17) is 4.52 Å². The minimum Gasteiger partial charge on any atom is -0.388 e. The van der Waals surface area contributed by atoms with Crippen molar-refractivity contribution in [1.29, 1.82) is 0 Å². The van der Waals surface area contributed by atoms with Crippen molar-refractivity contribution in [2.75, 3.05) is 18.0 Å². The SMILES string of the molecule is CC1(C)CN(c2nc(-c3ccccc3)no2)C[C@@]1(C)O. The van der Waals surface area contributed by atoms with E-state index >= 15 is 0 Å². The zero-order valence-electron chi connectivity index (χ0n) is 12.0. The molecule has 0 saturated carbocycles. The largest absolute Gasteiger partial charge is 0.388 e. The molecule has 1 fully saturated rings. The first-order chi connectivity index (χ1) is 9.39. The zero-order valence-corrected chi connectivity index (χ0v) is 12.0. The molecular formula is C15H19N3O2. The van der Waals surface area contributed by atoms with E-state index in [9.17, 15) is 5.11 Å². The molecule has 0 spiro atoms. The first-order valence-corrected chi connectivity index (χ1v) is 6.75. The van der Waals surface area contributed by atoms with E-state index in [1.807, 2.05) is 56.0 Å². The highest BCUT2D eigenvalue weighted by molar-refractivity contribution is 5.55. The van der Waals surface area contributed by atoms with Crippen LogP contribution in [0.4, 0.5) is 6.01 Å². The summed E-state index contributed by atoms with van der Waals surface area (Å²) in [6.45, 7) is 7.12. The zero-order chi connectivity index (χ0) is 14.4. The Kier molecular flexibility index (Phi) is 2.83. The highest BCUT2D eigenvalue weighted by Crippen LogP contribution is 2.40. The molecule has 2 aromatic rings. The van der Waals surface area contributed by atoms with Gasteiger partial charge in [-0.3, -0.25) is 0 Å². The summed E-state index contributed by atoms with van der Waals surface area (Å²) in [5, 5.41) is 14.5. The van der Waals surface area contributed by atoms with Crippen molar-refractivity contribution < 1.29 is 9.63 Å². The second kappa shape index (κ2) is 4.31. The van der Waals surface area contributed by atoms with Crippen LogP contribution in [0.15, 0.2) is 34.9 Å². The van der Waals surface area contributed by atoms with Crippen molar-refractivity contribution in [2.45, 2.75) is 26.4 Å². The highest BCUT2D eigenvalue weighted by atomic mass is 16.5. The lowest BCUT2D eigenvalue weighted by Gasteiger charge is -2.30. The Morgan fingerprint density at radius 1 is 1.15 bits per heavy atom. The molecule has 1 N–H and O–H groups in total. The summed E-state index contributed by atoms with van der Waals surface area (Å²) in [7, 11) is 0. The van der Waals surface area contributed by atoms with Crippen LogP contribution in [0.2, 0.25) is 0 Å². The van der Waals surface area contributed by atoms with Gasteiger partial charge in [-0.05, 0) is 6.92 Å². The van der Waals surface area contributed by atoms with E-state index in [1.54, 1.807) is 0 Å². The van der Waals surface area contributed by atoms with E-state index in [0.29, 0.717) is 24.9 Å². The van der Waals surface area contributed by atoms with Crippen molar-refractivity contribution in [3.63, 3.8) is 0 Å². The monoisotopic (exact) mass is 273 g/mol. The molecule has 106 valence electrons. The normalized spacial score (nSPS) is 25.1. The van der Waals surface area contributed by atoms with Crippen molar-refractivity contribution in [3.05, 3.63) is 30.3 Å². The van der Waals surface area contributed by atoms with Gasteiger partial charge in [0.1, 0.15) is 0 Å². The van der Waals surface area contributed by atoms with Gasteiger partial charge in [0, 0.05) is 17.5 Å². The molecule has 1 aliphatic heterocycles. The van der Waals surface area contributed by atoms with Crippen LogP contribution in [-0.4, -0.2) is 33.9 Å².